The number of nitrogens with one attached hydrogen (secondary N) is 1. The van der Waals surface area contributed by atoms with Gasteiger partial charge in [0.2, 0.25) is 0 Å². The highest BCUT2D eigenvalue weighted by Crippen LogP contribution is 2.32. The Bertz CT molecular complexity index is 630. The number of esters is 1. The molecule has 6 heteroatoms. The lowest BCUT2D eigenvalue weighted by molar-refractivity contribution is -0.159. The smallest absolute Gasteiger partial charge is 0.311 e. The number of nitrogens with zero attached hydrogens (tertiary/aromatic N) is 2. The van der Waals surface area contributed by atoms with Crippen LogP contribution in [0.3, 0.4) is 0 Å². The van der Waals surface area contributed by atoms with Crippen LogP contribution < -0.4 is 10.5 Å². The molecule has 1 aliphatic carbocycles. The number of hydrogen-bond donors (Lipinski definition) is 1. The molecule has 2 fully saturated rings. The first-order chi connectivity index (χ1) is 11.5. The second-order valence-corrected chi connectivity index (χ2v) is 7.30. The summed E-state index contributed by atoms with van der Waals surface area (Å²) < 4.78 is 5.87. The molecule has 2 heterocycles. The first-order valence-corrected chi connectivity index (χ1v) is 9.05. The lowest BCUT2D eigenvalue weighted by Crippen LogP contribution is -2.42. The highest BCUT2D eigenvalue weighted by molar-refractivity contribution is 5.73. The first-order valence-electron chi connectivity index (χ1n) is 9.05. The summed E-state index contributed by atoms with van der Waals surface area (Å²) in [7, 11) is 0. The van der Waals surface area contributed by atoms with E-state index in [0.29, 0.717) is 24.2 Å². The molecule has 1 aromatic heterocycles. The fourth-order valence-corrected chi connectivity index (χ4v) is 3.85. The van der Waals surface area contributed by atoms with Crippen molar-refractivity contribution in [2.24, 2.45) is 17.8 Å². The van der Waals surface area contributed by atoms with E-state index in [1.165, 1.54) is 18.8 Å². The van der Waals surface area contributed by atoms with E-state index in [2.05, 4.69) is 23.8 Å². The third kappa shape index (κ3) is 3.79. The average molecular weight is 333 g/mol. The van der Waals surface area contributed by atoms with E-state index in [4.69, 9.17) is 4.74 Å². The van der Waals surface area contributed by atoms with E-state index < -0.39 is 0 Å². The fourth-order valence-electron chi connectivity index (χ4n) is 3.85. The van der Waals surface area contributed by atoms with E-state index in [-0.39, 0.29) is 23.6 Å². The Balaban J connectivity index is 1.62. The van der Waals surface area contributed by atoms with Gasteiger partial charge in [-0.3, -0.25) is 9.59 Å². The summed E-state index contributed by atoms with van der Waals surface area (Å²) in [5, 5.41) is 0. The summed E-state index contributed by atoms with van der Waals surface area (Å²) in [6.45, 7) is 5.82. The van der Waals surface area contributed by atoms with Gasteiger partial charge in [0.25, 0.3) is 5.56 Å². The van der Waals surface area contributed by atoms with Crippen LogP contribution in [-0.4, -0.2) is 35.1 Å². The molecule has 0 spiro atoms. The molecule has 1 N–H and O–H groups in total. The standard InChI is InChI=1S/C18H27N3O3/c1-12-5-3-7-15(13(12)2)24-18(23)14-6-4-8-21(10-14)16-9-17(22)20-11-19-16/h9,11-15H,3-8,10H2,1-2H3,(H,19,20,22). The van der Waals surface area contributed by atoms with Gasteiger partial charge in [0.15, 0.2) is 0 Å². The monoisotopic (exact) mass is 333 g/mol. The largest absolute Gasteiger partial charge is 0.462 e. The van der Waals surface area contributed by atoms with Gasteiger partial charge >= 0.3 is 5.97 Å². The van der Waals surface area contributed by atoms with Gasteiger partial charge in [-0.2, -0.15) is 0 Å². The number of hydrogen-bond acceptors (Lipinski definition) is 5. The molecule has 1 aliphatic heterocycles. The SMILES string of the molecule is CC1CCCC(OC(=O)C2CCCN(c3cc(=O)[nH]cn3)C2)C1C. The van der Waals surface area contributed by atoms with Crippen LogP contribution in [0.25, 0.3) is 0 Å². The summed E-state index contributed by atoms with van der Waals surface area (Å²) in [6.07, 6.45) is 6.54. The minimum Gasteiger partial charge on any atom is -0.462 e. The van der Waals surface area contributed by atoms with E-state index in [9.17, 15) is 9.59 Å². The summed E-state index contributed by atoms with van der Waals surface area (Å²) >= 11 is 0. The maximum Gasteiger partial charge on any atom is 0.311 e. The van der Waals surface area contributed by atoms with Gasteiger partial charge in [-0.1, -0.05) is 20.3 Å². The minimum atomic E-state index is -0.172. The van der Waals surface area contributed by atoms with Crippen molar-refractivity contribution in [1.29, 1.82) is 0 Å². The Morgan fingerprint density at radius 3 is 2.92 bits per heavy atom. The Kier molecular flexibility index (Phi) is 5.21. The Morgan fingerprint density at radius 1 is 1.29 bits per heavy atom. The predicted octanol–water partition coefficient (Wildman–Crippen LogP) is 2.35. The molecular weight excluding hydrogens is 306 g/mol. The third-order valence-corrected chi connectivity index (χ3v) is 5.64. The Hall–Kier alpha value is -1.85. The Morgan fingerprint density at radius 2 is 2.12 bits per heavy atom. The molecule has 24 heavy (non-hydrogen) atoms. The zero-order valence-electron chi connectivity index (χ0n) is 14.5. The maximum absolute atomic E-state index is 12.6. The molecule has 0 aromatic carbocycles. The molecule has 2 aliphatic rings. The second kappa shape index (κ2) is 7.36. The van der Waals surface area contributed by atoms with Crippen LogP contribution in [0, 0.1) is 17.8 Å². The molecule has 1 saturated carbocycles. The van der Waals surface area contributed by atoms with Gasteiger partial charge in [-0.25, -0.2) is 4.98 Å². The number of anilines is 1. The van der Waals surface area contributed by atoms with Crippen LogP contribution in [0.2, 0.25) is 0 Å². The van der Waals surface area contributed by atoms with Gasteiger partial charge in [-0.05, 0) is 37.5 Å². The van der Waals surface area contributed by atoms with Gasteiger partial charge in [0.1, 0.15) is 11.9 Å². The van der Waals surface area contributed by atoms with Crippen molar-refractivity contribution in [3.8, 4) is 0 Å². The van der Waals surface area contributed by atoms with E-state index in [0.717, 1.165) is 32.2 Å². The van der Waals surface area contributed by atoms with Gasteiger partial charge in [-0.15, -0.1) is 0 Å². The first kappa shape index (κ1) is 17.0. The number of piperidine rings is 1. The second-order valence-electron chi connectivity index (χ2n) is 7.30. The van der Waals surface area contributed by atoms with Crippen LogP contribution in [-0.2, 0) is 9.53 Å². The van der Waals surface area contributed by atoms with Crippen LogP contribution in [0.5, 0.6) is 0 Å². The number of aromatic nitrogens is 2. The van der Waals surface area contributed by atoms with Crippen LogP contribution in [0.15, 0.2) is 17.2 Å². The molecule has 0 radical (unpaired) electrons. The number of aromatic amines is 1. The highest BCUT2D eigenvalue weighted by Gasteiger charge is 2.34. The number of ether oxygens (including phenoxy) is 1. The minimum absolute atomic E-state index is 0.0503. The highest BCUT2D eigenvalue weighted by atomic mass is 16.5. The van der Waals surface area contributed by atoms with Crippen LogP contribution in [0.4, 0.5) is 5.82 Å². The molecule has 4 atom stereocenters. The van der Waals surface area contributed by atoms with Crippen molar-refractivity contribution in [1.82, 2.24) is 9.97 Å². The van der Waals surface area contributed by atoms with Gasteiger partial charge in [0, 0.05) is 19.2 Å². The molecule has 0 amide bonds. The maximum atomic E-state index is 12.6. The van der Waals surface area contributed by atoms with E-state index in [1.807, 2.05) is 4.90 Å². The number of carbonyl (C=O) groups excluding carboxylic acids is 1. The van der Waals surface area contributed by atoms with Crippen molar-refractivity contribution in [3.63, 3.8) is 0 Å². The molecule has 1 saturated heterocycles. The fraction of sp³-hybridized carbons (Fsp3) is 0.722. The molecule has 4 unspecified atom stereocenters. The average Bonchev–Trinajstić information content (AvgIpc) is 2.59. The summed E-state index contributed by atoms with van der Waals surface area (Å²) in [6, 6.07) is 1.48. The lowest BCUT2D eigenvalue weighted by Gasteiger charge is -2.36. The van der Waals surface area contributed by atoms with E-state index >= 15 is 0 Å². The molecule has 6 nitrogen and oxygen atoms in total. The number of rotatable bonds is 3. The molecule has 0 bridgehead atoms. The normalized spacial score (nSPS) is 30.8. The number of carbonyl (C=O) groups is 1. The zero-order valence-corrected chi connectivity index (χ0v) is 14.5. The zero-order chi connectivity index (χ0) is 17.1. The van der Waals surface area contributed by atoms with Crippen LogP contribution >= 0.6 is 0 Å². The molecule has 3 rings (SSSR count). The van der Waals surface area contributed by atoms with Gasteiger partial charge < -0.3 is 14.6 Å². The van der Waals surface area contributed by atoms with Crippen molar-refractivity contribution in [2.45, 2.75) is 52.1 Å². The summed E-state index contributed by atoms with van der Waals surface area (Å²) in [4.78, 5) is 32.8. The summed E-state index contributed by atoms with van der Waals surface area (Å²) in [5.74, 6) is 1.45. The Labute approximate surface area is 142 Å². The van der Waals surface area contributed by atoms with Crippen molar-refractivity contribution >= 4 is 11.8 Å². The van der Waals surface area contributed by atoms with Crippen molar-refractivity contribution in [3.05, 3.63) is 22.7 Å². The van der Waals surface area contributed by atoms with Crippen LogP contribution in [0.1, 0.15) is 46.0 Å². The number of H-pyrrole nitrogens is 1. The quantitative estimate of drug-likeness (QED) is 0.860. The topological polar surface area (TPSA) is 75.3 Å². The van der Waals surface area contributed by atoms with Gasteiger partial charge in [0.05, 0.1) is 12.2 Å². The van der Waals surface area contributed by atoms with Crippen molar-refractivity contribution < 1.29 is 9.53 Å². The van der Waals surface area contributed by atoms with E-state index in [1.54, 1.807) is 0 Å². The lowest BCUT2D eigenvalue weighted by atomic mass is 9.79. The molecule has 1 aromatic rings. The molecular formula is C18H27N3O3. The molecule has 132 valence electrons. The summed E-state index contributed by atoms with van der Waals surface area (Å²) in [5.41, 5.74) is -0.172. The third-order valence-electron chi connectivity index (χ3n) is 5.64. The predicted molar refractivity (Wildman–Crippen MR) is 91.9 cm³/mol. The van der Waals surface area contributed by atoms with Crippen molar-refractivity contribution in [2.75, 3.05) is 18.0 Å².